The highest BCUT2D eigenvalue weighted by Crippen LogP contribution is 2.29. The van der Waals surface area contributed by atoms with Crippen LogP contribution in [0.2, 0.25) is 0 Å². The molecule has 1 aromatic rings. The molecule has 0 bridgehead atoms. The van der Waals surface area contributed by atoms with E-state index >= 15 is 0 Å². The van der Waals surface area contributed by atoms with Gasteiger partial charge in [-0.15, -0.1) is 0 Å². The summed E-state index contributed by atoms with van der Waals surface area (Å²) >= 11 is 0. The fourth-order valence-electron chi connectivity index (χ4n) is 3.07. The zero-order valence-electron chi connectivity index (χ0n) is 10.7. The highest BCUT2D eigenvalue weighted by molar-refractivity contribution is 5.95. The van der Waals surface area contributed by atoms with Crippen molar-refractivity contribution in [3.05, 3.63) is 39.7 Å². The maximum absolute atomic E-state index is 13.4. The number of rotatable bonds is 2. The van der Waals surface area contributed by atoms with Crippen molar-refractivity contribution in [3.8, 4) is 0 Å². The standard InChI is InChI=1S/C13H14FN3O3/c14-10-3-9(4-11(5-10)17(19)20)13(18)16-2-1-8-6-15-7-12(8)16/h3-5,8,12,15H,1-2,6-7H2/t8-,12+/m0/s1. The fraction of sp³-hybridized carbons (Fsp3) is 0.462. The summed E-state index contributed by atoms with van der Waals surface area (Å²) in [5.41, 5.74) is -0.349. The van der Waals surface area contributed by atoms with Crippen LogP contribution >= 0.6 is 0 Å². The maximum Gasteiger partial charge on any atom is 0.273 e. The number of amides is 1. The van der Waals surface area contributed by atoms with E-state index in [-0.39, 0.29) is 17.5 Å². The molecule has 7 heteroatoms. The molecule has 106 valence electrons. The number of hydrogen-bond donors (Lipinski definition) is 1. The van der Waals surface area contributed by atoms with Gasteiger partial charge in [0.25, 0.3) is 11.6 Å². The number of halogens is 1. The summed E-state index contributed by atoms with van der Waals surface area (Å²) in [5, 5.41) is 14.0. The van der Waals surface area contributed by atoms with E-state index in [0.717, 1.165) is 37.7 Å². The summed E-state index contributed by atoms with van der Waals surface area (Å²) in [7, 11) is 0. The number of nitro benzene ring substituents is 1. The molecule has 0 aliphatic carbocycles. The van der Waals surface area contributed by atoms with E-state index in [1.165, 1.54) is 0 Å². The van der Waals surface area contributed by atoms with Gasteiger partial charge in [-0.25, -0.2) is 4.39 Å². The lowest BCUT2D eigenvalue weighted by molar-refractivity contribution is -0.385. The minimum Gasteiger partial charge on any atom is -0.334 e. The number of nitro groups is 1. The molecule has 1 N–H and O–H groups in total. The van der Waals surface area contributed by atoms with Crippen LogP contribution in [0.3, 0.4) is 0 Å². The second-order valence-electron chi connectivity index (χ2n) is 5.23. The Morgan fingerprint density at radius 1 is 1.40 bits per heavy atom. The predicted molar refractivity (Wildman–Crippen MR) is 68.9 cm³/mol. The van der Waals surface area contributed by atoms with Gasteiger partial charge < -0.3 is 10.2 Å². The molecule has 2 atom stereocenters. The van der Waals surface area contributed by atoms with Crippen LogP contribution in [-0.4, -0.2) is 41.4 Å². The van der Waals surface area contributed by atoms with Crippen LogP contribution in [0.15, 0.2) is 18.2 Å². The Bertz CT molecular complexity index is 578. The molecule has 20 heavy (non-hydrogen) atoms. The van der Waals surface area contributed by atoms with Crippen LogP contribution in [0.4, 0.5) is 10.1 Å². The van der Waals surface area contributed by atoms with Crippen LogP contribution in [0.25, 0.3) is 0 Å². The smallest absolute Gasteiger partial charge is 0.273 e. The lowest BCUT2D eigenvalue weighted by Gasteiger charge is -2.23. The van der Waals surface area contributed by atoms with Gasteiger partial charge in [0.2, 0.25) is 0 Å². The third kappa shape index (κ3) is 2.14. The number of nitrogens with zero attached hydrogens (tertiary/aromatic N) is 2. The molecule has 1 aromatic carbocycles. The van der Waals surface area contributed by atoms with Crippen molar-refractivity contribution in [2.45, 2.75) is 12.5 Å². The van der Waals surface area contributed by atoms with Crippen molar-refractivity contribution in [1.82, 2.24) is 10.2 Å². The average Bonchev–Trinajstić information content (AvgIpc) is 2.99. The minimum atomic E-state index is -0.761. The Morgan fingerprint density at radius 3 is 2.95 bits per heavy atom. The molecule has 2 heterocycles. The molecule has 0 unspecified atom stereocenters. The number of carbonyl (C=O) groups is 1. The van der Waals surface area contributed by atoms with Gasteiger partial charge in [-0.3, -0.25) is 14.9 Å². The molecule has 0 aromatic heterocycles. The van der Waals surface area contributed by atoms with Gasteiger partial charge in [0.15, 0.2) is 0 Å². The zero-order valence-corrected chi connectivity index (χ0v) is 10.7. The molecule has 0 spiro atoms. The van der Waals surface area contributed by atoms with Crippen LogP contribution < -0.4 is 5.32 Å². The number of nitrogens with one attached hydrogen (secondary N) is 1. The second-order valence-corrected chi connectivity index (χ2v) is 5.23. The third-order valence-electron chi connectivity index (χ3n) is 4.05. The predicted octanol–water partition coefficient (Wildman–Crippen LogP) is 1.17. The number of non-ortho nitro benzene ring substituents is 1. The lowest BCUT2D eigenvalue weighted by atomic mass is 10.0. The lowest BCUT2D eigenvalue weighted by Crippen LogP contribution is -2.39. The summed E-state index contributed by atoms with van der Waals surface area (Å²) in [6.07, 6.45) is 0.917. The van der Waals surface area contributed by atoms with Gasteiger partial charge in [0, 0.05) is 37.3 Å². The van der Waals surface area contributed by atoms with Gasteiger partial charge >= 0.3 is 0 Å². The van der Waals surface area contributed by atoms with Crippen molar-refractivity contribution in [3.63, 3.8) is 0 Å². The van der Waals surface area contributed by atoms with Gasteiger partial charge in [-0.1, -0.05) is 0 Å². The quantitative estimate of drug-likeness (QED) is 0.651. The zero-order chi connectivity index (χ0) is 14.3. The molecule has 2 aliphatic heterocycles. The largest absolute Gasteiger partial charge is 0.334 e. The molecule has 6 nitrogen and oxygen atoms in total. The van der Waals surface area contributed by atoms with Crippen LogP contribution in [0.1, 0.15) is 16.8 Å². The first kappa shape index (κ1) is 13.0. The van der Waals surface area contributed by atoms with Crippen molar-refractivity contribution in [1.29, 1.82) is 0 Å². The van der Waals surface area contributed by atoms with E-state index in [1.807, 2.05) is 0 Å². The Morgan fingerprint density at radius 2 is 2.20 bits per heavy atom. The highest BCUT2D eigenvalue weighted by Gasteiger charge is 2.40. The Hall–Kier alpha value is -2.02. The molecular weight excluding hydrogens is 265 g/mol. The minimum absolute atomic E-state index is 0.0456. The normalized spacial score (nSPS) is 24.8. The Balaban J connectivity index is 1.89. The van der Waals surface area contributed by atoms with Crippen LogP contribution in [-0.2, 0) is 0 Å². The molecule has 2 aliphatic rings. The first-order valence-corrected chi connectivity index (χ1v) is 6.53. The van der Waals surface area contributed by atoms with Crippen molar-refractivity contribution in [2.75, 3.05) is 19.6 Å². The molecule has 0 saturated carbocycles. The Kier molecular flexibility index (Phi) is 3.13. The van der Waals surface area contributed by atoms with E-state index in [2.05, 4.69) is 5.32 Å². The van der Waals surface area contributed by atoms with Gasteiger partial charge in [-0.2, -0.15) is 0 Å². The van der Waals surface area contributed by atoms with E-state index in [4.69, 9.17) is 0 Å². The number of benzene rings is 1. The summed E-state index contributed by atoms with van der Waals surface area (Å²) in [6.45, 7) is 2.24. The monoisotopic (exact) mass is 279 g/mol. The molecular formula is C13H14FN3O3. The molecule has 0 radical (unpaired) electrons. The summed E-state index contributed by atoms with van der Waals surface area (Å²) in [6, 6.07) is 3.14. The van der Waals surface area contributed by atoms with E-state index < -0.39 is 16.4 Å². The fourth-order valence-corrected chi connectivity index (χ4v) is 3.07. The van der Waals surface area contributed by atoms with Crippen LogP contribution in [0, 0.1) is 21.8 Å². The van der Waals surface area contributed by atoms with Gasteiger partial charge in [-0.05, 0) is 18.4 Å². The highest BCUT2D eigenvalue weighted by atomic mass is 19.1. The number of fused-ring (bicyclic) bond motifs is 1. The number of hydrogen-bond acceptors (Lipinski definition) is 4. The van der Waals surface area contributed by atoms with Crippen molar-refractivity contribution in [2.24, 2.45) is 5.92 Å². The summed E-state index contributed by atoms with van der Waals surface area (Å²) in [4.78, 5) is 24.2. The molecule has 1 amide bonds. The number of carbonyl (C=O) groups excluding carboxylic acids is 1. The average molecular weight is 279 g/mol. The third-order valence-corrected chi connectivity index (χ3v) is 4.05. The first-order chi connectivity index (χ1) is 9.56. The second kappa shape index (κ2) is 4.82. The van der Waals surface area contributed by atoms with E-state index in [0.29, 0.717) is 12.5 Å². The summed E-state index contributed by atoms with van der Waals surface area (Å²) < 4.78 is 13.4. The van der Waals surface area contributed by atoms with E-state index in [1.54, 1.807) is 4.90 Å². The van der Waals surface area contributed by atoms with Gasteiger partial charge in [0.05, 0.1) is 11.0 Å². The molecule has 2 saturated heterocycles. The molecule has 2 fully saturated rings. The molecule has 3 rings (SSSR count). The van der Waals surface area contributed by atoms with Crippen molar-refractivity contribution < 1.29 is 14.1 Å². The SMILES string of the molecule is O=C(c1cc(F)cc([N+](=O)[O-])c1)N1CC[C@H]2CNC[C@H]21. The number of likely N-dealkylation sites (tertiary alicyclic amines) is 1. The topological polar surface area (TPSA) is 75.5 Å². The maximum atomic E-state index is 13.4. The van der Waals surface area contributed by atoms with Crippen LogP contribution in [0.5, 0.6) is 0 Å². The Labute approximate surface area is 114 Å². The summed E-state index contributed by atoms with van der Waals surface area (Å²) in [5.74, 6) is -0.658. The van der Waals surface area contributed by atoms with Crippen molar-refractivity contribution >= 4 is 11.6 Å². The van der Waals surface area contributed by atoms with Gasteiger partial charge in [0.1, 0.15) is 5.82 Å². The first-order valence-electron chi connectivity index (χ1n) is 6.53. The van der Waals surface area contributed by atoms with E-state index in [9.17, 15) is 19.3 Å².